The number of aliphatic hydroxyl groups is 2. The lowest BCUT2D eigenvalue weighted by molar-refractivity contribution is 0.0524. The minimum absolute atomic E-state index is 0.0280. The lowest BCUT2D eigenvalue weighted by Gasteiger charge is -2.36. The average Bonchev–Trinajstić information content (AvgIpc) is 2.79. The Labute approximate surface area is 115 Å². The fourth-order valence-corrected chi connectivity index (χ4v) is 2.74. The Bertz CT molecular complexity index is 588. The average molecular weight is 283 g/mol. The van der Waals surface area contributed by atoms with Gasteiger partial charge in [0.05, 0.1) is 18.1 Å². The van der Waals surface area contributed by atoms with Crippen molar-refractivity contribution in [3.63, 3.8) is 0 Å². The van der Waals surface area contributed by atoms with Crippen molar-refractivity contribution in [1.82, 2.24) is 15.0 Å². The summed E-state index contributed by atoms with van der Waals surface area (Å²) in [6, 6.07) is 1.80. The molecule has 3 heterocycles. The molecule has 1 saturated heterocycles. The predicted octanol–water partition coefficient (Wildman–Crippen LogP) is 0.791. The zero-order chi connectivity index (χ0) is 13.4. The van der Waals surface area contributed by atoms with E-state index in [0.29, 0.717) is 30.3 Å². The Balaban J connectivity index is 1.95. The van der Waals surface area contributed by atoms with Gasteiger partial charge in [0.1, 0.15) is 22.9 Å². The molecule has 0 aliphatic carbocycles. The number of aliphatic hydroxyl groups excluding tert-OH is 2. The quantitative estimate of drug-likeness (QED) is 0.758. The van der Waals surface area contributed by atoms with Crippen LogP contribution < -0.4 is 4.90 Å². The number of piperidine rings is 1. The van der Waals surface area contributed by atoms with Gasteiger partial charge in [0.25, 0.3) is 0 Å². The number of halogens is 1. The Morgan fingerprint density at radius 2 is 2.32 bits per heavy atom. The SMILES string of the molecule is OCC1CN(c2ncnc3[nH]c(Cl)cc23)CCC1O. The van der Waals surface area contributed by atoms with Gasteiger partial charge in [0.2, 0.25) is 0 Å². The van der Waals surface area contributed by atoms with E-state index in [9.17, 15) is 10.2 Å². The molecule has 3 rings (SSSR count). The highest BCUT2D eigenvalue weighted by Gasteiger charge is 2.28. The summed E-state index contributed by atoms with van der Waals surface area (Å²) in [6.07, 6.45) is 1.66. The summed E-state index contributed by atoms with van der Waals surface area (Å²) in [7, 11) is 0. The van der Waals surface area contributed by atoms with Gasteiger partial charge in [-0.25, -0.2) is 9.97 Å². The first-order valence-corrected chi connectivity index (χ1v) is 6.60. The summed E-state index contributed by atoms with van der Waals surface area (Å²) < 4.78 is 0. The normalized spacial score (nSPS) is 24.1. The standard InChI is InChI=1S/C12H15ClN4O2/c13-10-3-8-11(16-10)14-6-15-12(8)17-2-1-9(19)7(4-17)5-18/h3,6-7,9,18-19H,1-2,4-5H2,(H,14,15,16). The maximum atomic E-state index is 9.80. The van der Waals surface area contributed by atoms with E-state index < -0.39 is 6.10 Å². The number of anilines is 1. The highest BCUT2D eigenvalue weighted by Crippen LogP contribution is 2.29. The molecule has 0 aromatic carbocycles. The van der Waals surface area contributed by atoms with Crippen molar-refractivity contribution in [1.29, 1.82) is 0 Å². The molecule has 2 unspecified atom stereocenters. The van der Waals surface area contributed by atoms with Crippen LogP contribution >= 0.6 is 11.6 Å². The molecule has 19 heavy (non-hydrogen) atoms. The van der Waals surface area contributed by atoms with Crippen molar-refractivity contribution in [3.8, 4) is 0 Å². The summed E-state index contributed by atoms with van der Waals surface area (Å²) in [5.41, 5.74) is 0.696. The third-order valence-corrected chi connectivity index (χ3v) is 3.80. The van der Waals surface area contributed by atoms with E-state index in [0.717, 1.165) is 11.2 Å². The minimum atomic E-state index is -0.451. The van der Waals surface area contributed by atoms with Gasteiger partial charge in [-0.3, -0.25) is 0 Å². The summed E-state index contributed by atoms with van der Waals surface area (Å²) >= 11 is 5.95. The van der Waals surface area contributed by atoms with Gasteiger partial charge in [-0.1, -0.05) is 11.6 Å². The molecule has 2 atom stereocenters. The van der Waals surface area contributed by atoms with Crippen molar-refractivity contribution >= 4 is 28.5 Å². The maximum Gasteiger partial charge on any atom is 0.144 e. The fraction of sp³-hybridized carbons (Fsp3) is 0.500. The van der Waals surface area contributed by atoms with Gasteiger partial charge in [-0.05, 0) is 12.5 Å². The summed E-state index contributed by atoms with van der Waals surface area (Å²) in [5.74, 6) is 0.645. The van der Waals surface area contributed by atoms with E-state index in [4.69, 9.17) is 11.6 Å². The molecule has 1 aliphatic heterocycles. The second-order valence-electron chi connectivity index (χ2n) is 4.82. The van der Waals surface area contributed by atoms with Gasteiger partial charge in [-0.2, -0.15) is 0 Å². The van der Waals surface area contributed by atoms with Gasteiger partial charge in [0.15, 0.2) is 0 Å². The van der Waals surface area contributed by atoms with Crippen molar-refractivity contribution < 1.29 is 10.2 Å². The first kappa shape index (κ1) is 12.7. The molecular weight excluding hydrogens is 268 g/mol. The largest absolute Gasteiger partial charge is 0.396 e. The molecule has 0 radical (unpaired) electrons. The molecule has 0 bridgehead atoms. The lowest BCUT2D eigenvalue weighted by Crippen LogP contribution is -2.45. The lowest BCUT2D eigenvalue weighted by atomic mass is 9.95. The van der Waals surface area contributed by atoms with Crippen molar-refractivity contribution in [2.45, 2.75) is 12.5 Å². The zero-order valence-electron chi connectivity index (χ0n) is 10.3. The van der Waals surface area contributed by atoms with Gasteiger partial charge >= 0.3 is 0 Å². The molecule has 0 spiro atoms. The number of nitrogens with zero attached hydrogens (tertiary/aromatic N) is 3. The van der Waals surface area contributed by atoms with E-state index >= 15 is 0 Å². The molecular formula is C12H15ClN4O2. The molecule has 1 fully saturated rings. The molecule has 0 saturated carbocycles. The van der Waals surface area contributed by atoms with E-state index in [2.05, 4.69) is 19.9 Å². The number of hydrogen-bond acceptors (Lipinski definition) is 5. The van der Waals surface area contributed by atoms with Crippen LogP contribution in [0.1, 0.15) is 6.42 Å². The minimum Gasteiger partial charge on any atom is -0.396 e. The number of aromatic nitrogens is 3. The first-order chi connectivity index (χ1) is 9.19. The van der Waals surface area contributed by atoms with E-state index in [1.165, 1.54) is 6.33 Å². The van der Waals surface area contributed by atoms with Crippen molar-refractivity contribution in [2.75, 3.05) is 24.6 Å². The summed E-state index contributed by atoms with van der Waals surface area (Å²) in [6.45, 7) is 1.25. The van der Waals surface area contributed by atoms with Gasteiger partial charge < -0.3 is 20.1 Å². The zero-order valence-corrected chi connectivity index (χ0v) is 11.0. The topological polar surface area (TPSA) is 85.3 Å². The molecule has 1 aliphatic rings. The van der Waals surface area contributed by atoms with E-state index in [1.54, 1.807) is 6.07 Å². The monoisotopic (exact) mass is 282 g/mol. The number of rotatable bonds is 2. The van der Waals surface area contributed by atoms with Crippen LogP contribution in [0.4, 0.5) is 5.82 Å². The number of hydrogen-bond donors (Lipinski definition) is 3. The van der Waals surface area contributed by atoms with Crippen molar-refractivity contribution in [3.05, 3.63) is 17.5 Å². The Hall–Kier alpha value is -1.37. The van der Waals surface area contributed by atoms with Crippen LogP contribution in [0.5, 0.6) is 0 Å². The second-order valence-corrected chi connectivity index (χ2v) is 5.23. The van der Waals surface area contributed by atoms with Crippen LogP contribution in [0.25, 0.3) is 11.0 Å². The number of nitrogens with one attached hydrogen (secondary N) is 1. The number of aromatic amines is 1. The first-order valence-electron chi connectivity index (χ1n) is 6.22. The third-order valence-electron chi connectivity index (χ3n) is 3.60. The molecule has 102 valence electrons. The van der Waals surface area contributed by atoms with Crippen LogP contribution in [0.2, 0.25) is 5.15 Å². The number of fused-ring (bicyclic) bond motifs is 1. The van der Waals surface area contributed by atoms with Crippen LogP contribution in [0.15, 0.2) is 12.4 Å². The highest BCUT2D eigenvalue weighted by atomic mass is 35.5. The molecule has 2 aromatic heterocycles. The summed E-state index contributed by atoms with van der Waals surface area (Å²) in [5, 5.41) is 20.5. The van der Waals surface area contributed by atoms with Crippen LogP contribution in [-0.4, -0.2) is 51.0 Å². The fourth-order valence-electron chi connectivity index (χ4n) is 2.54. The molecule has 7 heteroatoms. The van der Waals surface area contributed by atoms with Crippen molar-refractivity contribution in [2.24, 2.45) is 5.92 Å². The maximum absolute atomic E-state index is 9.80. The van der Waals surface area contributed by atoms with Crippen LogP contribution in [-0.2, 0) is 0 Å². The van der Waals surface area contributed by atoms with E-state index in [-0.39, 0.29) is 12.5 Å². The Morgan fingerprint density at radius 1 is 1.47 bits per heavy atom. The highest BCUT2D eigenvalue weighted by molar-refractivity contribution is 6.30. The molecule has 3 N–H and O–H groups in total. The smallest absolute Gasteiger partial charge is 0.144 e. The molecule has 0 amide bonds. The molecule has 2 aromatic rings. The second kappa shape index (κ2) is 4.96. The van der Waals surface area contributed by atoms with Crippen LogP contribution in [0, 0.1) is 5.92 Å². The van der Waals surface area contributed by atoms with E-state index in [1.807, 2.05) is 0 Å². The Morgan fingerprint density at radius 3 is 3.11 bits per heavy atom. The van der Waals surface area contributed by atoms with Crippen LogP contribution in [0.3, 0.4) is 0 Å². The van der Waals surface area contributed by atoms with Gasteiger partial charge in [0, 0.05) is 19.0 Å². The molecule has 6 nitrogen and oxygen atoms in total. The number of H-pyrrole nitrogens is 1. The third kappa shape index (κ3) is 2.27. The predicted molar refractivity (Wildman–Crippen MR) is 72.3 cm³/mol. The Kier molecular flexibility index (Phi) is 3.30. The summed E-state index contributed by atoms with van der Waals surface area (Å²) in [4.78, 5) is 13.5. The van der Waals surface area contributed by atoms with Gasteiger partial charge in [-0.15, -0.1) is 0 Å².